The SMILES string of the molecule is N#Cc1ncccc1CN(CCO)CC(F)(F)F. The molecular weight excluding hydrogens is 247 g/mol. The molecule has 0 aliphatic heterocycles. The molecule has 0 spiro atoms. The lowest BCUT2D eigenvalue weighted by Gasteiger charge is -2.22. The lowest BCUT2D eigenvalue weighted by Crippen LogP contribution is -2.36. The maximum absolute atomic E-state index is 12.3. The predicted octanol–water partition coefficient (Wildman–Crippen LogP) is 1.31. The molecule has 98 valence electrons. The topological polar surface area (TPSA) is 60.2 Å². The van der Waals surface area contributed by atoms with E-state index in [1.165, 1.54) is 6.20 Å². The Morgan fingerprint density at radius 1 is 1.44 bits per heavy atom. The van der Waals surface area contributed by atoms with Gasteiger partial charge in [0.2, 0.25) is 0 Å². The molecule has 0 bridgehead atoms. The van der Waals surface area contributed by atoms with Crippen molar-refractivity contribution in [2.45, 2.75) is 12.7 Å². The number of pyridine rings is 1. The second kappa shape index (κ2) is 6.33. The van der Waals surface area contributed by atoms with E-state index in [2.05, 4.69) is 4.98 Å². The Kier molecular flexibility index (Phi) is 5.07. The van der Waals surface area contributed by atoms with E-state index in [0.29, 0.717) is 5.56 Å². The Morgan fingerprint density at radius 3 is 2.72 bits per heavy atom. The Bertz CT molecular complexity index is 428. The zero-order valence-corrected chi connectivity index (χ0v) is 9.48. The minimum absolute atomic E-state index is 0.0726. The summed E-state index contributed by atoms with van der Waals surface area (Å²) in [6, 6.07) is 4.93. The van der Waals surface area contributed by atoms with E-state index >= 15 is 0 Å². The minimum atomic E-state index is -4.34. The second-order valence-electron chi connectivity index (χ2n) is 3.67. The van der Waals surface area contributed by atoms with Crippen molar-refractivity contribution in [1.29, 1.82) is 5.26 Å². The summed E-state index contributed by atoms with van der Waals surface area (Å²) in [6.07, 6.45) is -2.94. The van der Waals surface area contributed by atoms with Crippen molar-refractivity contribution < 1.29 is 18.3 Å². The number of nitriles is 1. The third-order valence-electron chi connectivity index (χ3n) is 2.21. The molecular formula is C11H12F3N3O. The van der Waals surface area contributed by atoms with Crippen molar-refractivity contribution in [3.05, 3.63) is 29.6 Å². The van der Waals surface area contributed by atoms with E-state index < -0.39 is 12.7 Å². The average Bonchev–Trinajstić information content (AvgIpc) is 2.28. The Hall–Kier alpha value is -1.65. The Morgan fingerprint density at radius 2 is 2.17 bits per heavy atom. The van der Waals surface area contributed by atoms with E-state index in [1.807, 2.05) is 6.07 Å². The van der Waals surface area contributed by atoms with Crippen LogP contribution in [0.25, 0.3) is 0 Å². The molecule has 1 aromatic heterocycles. The molecule has 0 fully saturated rings. The molecule has 0 saturated carbocycles. The van der Waals surface area contributed by atoms with Gasteiger partial charge in [0.25, 0.3) is 0 Å². The first-order chi connectivity index (χ1) is 8.46. The third-order valence-corrected chi connectivity index (χ3v) is 2.21. The first-order valence-electron chi connectivity index (χ1n) is 5.20. The van der Waals surface area contributed by atoms with Crippen molar-refractivity contribution in [2.24, 2.45) is 0 Å². The number of hydrogen-bond donors (Lipinski definition) is 1. The van der Waals surface area contributed by atoms with Crippen LogP contribution in [0, 0.1) is 11.3 Å². The number of rotatable bonds is 5. The third kappa shape index (κ3) is 4.69. The molecule has 18 heavy (non-hydrogen) atoms. The van der Waals surface area contributed by atoms with Gasteiger partial charge in [0.05, 0.1) is 13.2 Å². The van der Waals surface area contributed by atoms with Crippen molar-refractivity contribution in [3.63, 3.8) is 0 Å². The van der Waals surface area contributed by atoms with E-state index in [1.54, 1.807) is 12.1 Å². The number of aliphatic hydroxyl groups excluding tert-OH is 1. The highest BCUT2D eigenvalue weighted by atomic mass is 19.4. The fourth-order valence-corrected chi connectivity index (χ4v) is 1.52. The van der Waals surface area contributed by atoms with Gasteiger partial charge in [-0.05, 0) is 6.07 Å². The first kappa shape index (κ1) is 14.4. The molecule has 0 unspecified atom stereocenters. The monoisotopic (exact) mass is 259 g/mol. The highest BCUT2D eigenvalue weighted by Gasteiger charge is 2.30. The van der Waals surface area contributed by atoms with Gasteiger partial charge in [0, 0.05) is 24.8 Å². The lowest BCUT2D eigenvalue weighted by atomic mass is 10.2. The van der Waals surface area contributed by atoms with Crippen LogP contribution in [0.15, 0.2) is 18.3 Å². The normalized spacial score (nSPS) is 11.6. The summed E-state index contributed by atoms with van der Waals surface area (Å²) in [5, 5.41) is 17.5. The zero-order valence-electron chi connectivity index (χ0n) is 9.48. The van der Waals surface area contributed by atoms with E-state index in [0.717, 1.165) is 4.90 Å². The smallest absolute Gasteiger partial charge is 0.395 e. The van der Waals surface area contributed by atoms with Gasteiger partial charge in [-0.1, -0.05) is 6.07 Å². The summed E-state index contributed by atoms with van der Waals surface area (Å²) >= 11 is 0. The van der Waals surface area contributed by atoms with Crippen molar-refractivity contribution in [2.75, 3.05) is 19.7 Å². The summed E-state index contributed by atoms with van der Waals surface area (Å²) in [7, 11) is 0. The van der Waals surface area contributed by atoms with Crippen LogP contribution < -0.4 is 0 Å². The summed E-state index contributed by atoms with van der Waals surface area (Å²) in [5.74, 6) is 0. The van der Waals surface area contributed by atoms with Crippen LogP contribution in [0.5, 0.6) is 0 Å². The fraction of sp³-hybridized carbons (Fsp3) is 0.455. The van der Waals surface area contributed by atoms with E-state index in [9.17, 15) is 13.2 Å². The first-order valence-corrected chi connectivity index (χ1v) is 5.20. The standard InChI is InChI=1S/C11H12F3N3O/c12-11(13,14)8-17(4-5-18)7-9-2-1-3-16-10(9)6-15/h1-3,18H,4-5,7-8H2. The van der Waals surface area contributed by atoms with Crippen molar-refractivity contribution in [1.82, 2.24) is 9.88 Å². The zero-order chi connectivity index (χ0) is 13.6. The Balaban J connectivity index is 2.80. The number of hydrogen-bond acceptors (Lipinski definition) is 4. The molecule has 7 heteroatoms. The van der Waals surface area contributed by atoms with Crippen LogP contribution in [0.2, 0.25) is 0 Å². The summed E-state index contributed by atoms with van der Waals surface area (Å²) in [6.45, 7) is -1.69. The molecule has 0 amide bonds. The maximum atomic E-state index is 12.3. The molecule has 0 aliphatic carbocycles. The van der Waals surface area contributed by atoms with Gasteiger partial charge >= 0.3 is 6.18 Å². The highest BCUT2D eigenvalue weighted by molar-refractivity contribution is 5.30. The van der Waals surface area contributed by atoms with Gasteiger partial charge in [-0.15, -0.1) is 0 Å². The second-order valence-corrected chi connectivity index (χ2v) is 3.67. The summed E-state index contributed by atoms with van der Waals surface area (Å²) in [4.78, 5) is 4.80. The number of nitrogens with zero attached hydrogens (tertiary/aromatic N) is 3. The number of alkyl halides is 3. The molecule has 1 heterocycles. The van der Waals surface area contributed by atoms with Crippen LogP contribution in [-0.4, -0.2) is 40.9 Å². The number of aromatic nitrogens is 1. The summed E-state index contributed by atoms with van der Waals surface area (Å²) in [5.41, 5.74) is 0.514. The minimum Gasteiger partial charge on any atom is -0.395 e. The molecule has 4 nitrogen and oxygen atoms in total. The van der Waals surface area contributed by atoms with Gasteiger partial charge in [-0.2, -0.15) is 18.4 Å². The molecule has 0 saturated heterocycles. The molecule has 0 atom stereocenters. The number of halogens is 3. The lowest BCUT2D eigenvalue weighted by molar-refractivity contribution is -0.148. The van der Waals surface area contributed by atoms with Crippen LogP contribution in [0.4, 0.5) is 13.2 Å². The largest absolute Gasteiger partial charge is 0.401 e. The average molecular weight is 259 g/mol. The van der Waals surface area contributed by atoms with Gasteiger partial charge < -0.3 is 5.11 Å². The number of aliphatic hydroxyl groups is 1. The quantitative estimate of drug-likeness (QED) is 0.866. The predicted molar refractivity (Wildman–Crippen MR) is 57.4 cm³/mol. The van der Waals surface area contributed by atoms with Crippen LogP contribution >= 0.6 is 0 Å². The molecule has 0 aliphatic rings. The van der Waals surface area contributed by atoms with Gasteiger partial charge in [-0.25, -0.2) is 4.98 Å². The van der Waals surface area contributed by atoms with Gasteiger partial charge in [-0.3, -0.25) is 4.90 Å². The molecule has 1 aromatic rings. The Labute approximate surface area is 102 Å². The fourth-order valence-electron chi connectivity index (χ4n) is 1.52. The van der Waals surface area contributed by atoms with Crippen molar-refractivity contribution in [3.8, 4) is 6.07 Å². The van der Waals surface area contributed by atoms with Crippen molar-refractivity contribution >= 4 is 0 Å². The highest BCUT2D eigenvalue weighted by Crippen LogP contribution is 2.18. The summed E-state index contributed by atoms with van der Waals surface area (Å²) < 4.78 is 36.9. The van der Waals surface area contributed by atoms with Crippen LogP contribution in [0.1, 0.15) is 11.3 Å². The molecule has 0 radical (unpaired) electrons. The van der Waals surface area contributed by atoms with Gasteiger partial charge in [0.1, 0.15) is 11.8 Å². The molecule has 0 aromatic carbocycles. The van der Waals surface area contributed by atoms with E-state index in [4.69, 9.17) is 10.4 Å². The molecule has 1 rings (SSSR count). The van der Waals surface area contributed by atoms with Crippen LogP contribution in [0.3, 0.4) is 0 Å². The van der Waals surface area contributed by atoms with E-state index in [-0.39, 0.29) is 25.4 Å². The van der Waals surface area contributed by atoms with Gasteiger partial charge in [0.15, 0.2) is 0 Å². The van der Waals surface area contributed by atoms with Crippen LogP contribution in [-0.2, 0) is 6.54 Å². The maximum Gasteiger partial charge on any atom is 0.401 e. The molecule has 1 N–H and O–H groups in total.